The summed E-state index contributed by atoms with van der Waals surface area (Å²) < 4.78 is 169. The third-order valence-electron chi connectivity index (χ3n) is 8.47. The van der Waals surface area contributed by atoms with Gasteiger partial charge in [-0.1, -0.05) is 60.6 Å². The number of rotatable bonds is 12. The van der Waals surface area contributed by atoms with Crippen molar-refractivity contribution in [1.82, 2.24) is 14.4 Å². The fourth-order valence-electron chi connectivity index (χ4n) is 5.75. The van der Waals surface area contributed by atoms with Crippen LogP contribution in [0.4, 0.5) is 22.0 Å². The lowest BCUT2D eigenvalue weighted by atomic mass is 10.00. The number of halogens is 5. The number of hydrogen-bond acceptors (Lipinski definition) is 5. The molecule has 0 spiro atoms. The van der Waals surface area contributed by atoms with Crippen LogP contribution in [0.1, 0.15) is 44.6 Å². The molecular formula is C40H38F5N3O3S. The van der Waals surface area contributed by atoms with E-state index in [2.05, 4.69) is 0 Å². The summed E-state index contributed by atoms with van der Waals surface area (Å²) in [7, 11) is 1.00. The zero-order valence-electron chi connectivity index (χ0n) is 38.5. The van der Waals surface area contributed by atoms with E-state index in [4.69, 9.17) is 17.1 Å². The van der Waals surface area contributed by atoms with Crippen LogP contribution in [0.2, 0.25) is 0 Å². The molecule has 1 aliphatic rings. The molecule has 0 saturated carbocycles. The van der Waals surface area contributed by atoms with E-state index in [1.807, 2.05) is 0 Å². The number of carbonyl (C=O) groups excluding carboxylic acids is 1. The van der Waals surface area contributed by atoms with Crippen molar-refractivity contribution in [3.63, 3.8) is 0 Å². The van der Waals surface area contributed by atoms with Gasteiger partial charge in [-0.2, -0.15) is 13.2 Å². The van der Waals surface area contributed by atoms with Crippen LogP contribution in [0, 0.1) is 11.6 Å². The Morgan fingerprint density at radius 3 is 2.35 bits per heavy atom. The van der Waals surface area contributed by atoms with Crippen molar-refractivity contribution in [1.29, 1.82) is 0 Å². The van der Waals surface area contributed by atoms with E-state index >= 15 is 4.79 Å². The first kappa shape index (κ1) is 25.5. The lowest BCUT2D eigenvalue weighted by Gasteiger charge is -2.39. The summed E-state index contributed by atoms with van der Waals surface area (Å²) in [4.78, 5) is 31.1. The lowest BCUT2D eigenvalue weighted by molar-refractivity contribution is -0.137. The van der Waals surface area contributed by atoms with E-state index in [0.29, 0.717) is 33.0 Å². The molecule has 0 aliphatic carbocycles. The number of ether oxygens (including phenoxy) is 1. The number of pyridine rings is 1. The molecule has 0 atom stereocenters. The second kappa shape index (κ2) is 16.4. The van der Waals surface area contributed by atoms with Crippen molar-refractivity contribution < 1.29 is 46.6 Å². The van der Waals surface area contributed by atoms with Gasteiger partial charge in [0.25, 0.3) is 0 Å². The van der Waals surface area contributed by atoms with Gasteiger partial charge in [-0.05, 0) is 59.8 Å². The van der Waals surface area contributed by atoms with Crippen molar-refractivity contribution in [2.24, 2.45) is 0 Å². The van der Waals surface area contributed by atoms with Gasteiger partial charge in [-0.3, -0.25) is 9.59 Å². The number of piperidine rings is 1. The quantitative estimate of drug-likeness (QED) is 0.0949. The smallest absolute Gasteiger partial charge is 0.383 e. The van der Waals surface area contributed by atoms with Crippen molar-refractivity contribution in [3.05, 3.63) is 135 Å². The Morgan fingerprint density at radius 2 is 1.67 bits per heavy atom. The molecule has 0 unspecified atom stereocenters. The number of carbonyl (C=O) groups is 1. The Bertz CT molecular complexity index is 2610. The highest BCUT2D eigenvalue weighted by atomic mass is 32.2. The Balaban J connectivity index is 1.47. The summed E-state index contributed by atoms with van der Waals surface area (Å²) in [5, 5.41) is -1.46. The van der Waals surface area contributed by atoms with Gasteiger partial charge in [0.1, 0.15) is 6.50 Å². The molecule has 6 nitrogen and oxygen atoms in total. The molecule has 0 radical (unpaired) electrons. The maximum Gasteiger partial charge on any atom is 0.416 e. The van der Waals surface area contributed by atoms with Crippen LogP contribution in [0.25, 0.3) is 22.0 Å². The van der Waals surface area contributed by atoms with Crippen LogP contribution < -0.4 is 5.43 Å². The van der Waals surface area contributed by atoms with E-state index in [9.17, 15) is 29.5 Å². The topological polar surface area (TPSA) is 54.8 Å². The number of aromatic nitrogens is 1. The third kappa shape index (κ3) is 8.74. The van der Waals surface area contributed by atoms with Gasteiger partial charge >= 0.3 is 6.18 Å². The van der Waals surface area contributed by atoms with Crippen LogP contribution >= 0.6 is 11.8 Å². The number of hydrogen-bond donors (Lipinski definition) is 0. The van der Waals surface area contributed by atoms with Gasteiger partial charge in [0.2, 0.25) is 5.91 Å². The standard InChI is InChI=1S/C40H38F5N3O3S/c1-51-22-21-46-19-17-32(18-20-46)47(24-27-9-11-28(12-10-27)29-13-15-31(16-14-29)40(43,44)45)37(50)25-48-35-8-3-2-6-33(35)36(49)23-38(48)52-26-30-5-4-7-34(41)39(30)42/h2-16,23,32H,17-22,24-26H2,1H3/i2D,3D,6D,8D,21D2,22D2,23D,25D2. The first-order chi connectivity index (χ1) is 29.3. The normalized spacial score (nSPS) is 18.1. The predicted molar refractivity (Wildman–Crippen MR) is 193 cm³/mol. The Hall–Kier alpha value is -4.52. The predicted octanol–water partition coefficient (Wildman–Crippen LogP) is 8.40. The van der Waals surface area contributed by atoms with E-state index in [1.165, 1.54) is 29.2 Å². The summed E-state index contributed by atoms with van der Waals surface area (Å²) in [5.74, 6) is -4.38. The number of alkyl halides is 3. The molecule has 4 aromatic carbocycles. The number of benzene rings is 4. The average Bonchev–Trinajstić information content (AvgIpc) is 3.25. The number of methoxy groups -OCH3 is 1. The van der Waals surface area contributed by atoms with E-state index in [1.54, 1.807) is 24.3 Å². The molecule has 6 rings (SSSR count). The molecule has 1 amide bonds. The van der Waals surface area contributed by atoms with E-state index in [0.717, 1.165) is 30.2 Å². The molecule has 1 saturated heterocycles. The SMILES string of the molecule is [2H]c1c([2H])c([2H])c2c(c1[2H])c(=O)c([2H])c(SCc1cccc(F)c1F)n2C([2H])([2H])C(=O)N(Cc1ccc(-c2ccc(C(F)(F)F)cc2)cc1)C1CCN(C([2H])([2H])C([2H])([2H])OC)CC1. The van der Waals surface area contributed by atoms with Crippen LogP contribution in [-0.2, 0) is 34.5 Å². The average molecular weight is 747 g/mol. The van der Waals surface area contributed by atoms with E-state index in [-0.39, 0.29) is 38.0 Å². The number of likely N-dealkylation sites (tertiary alicyclic amines) is 1. The first-order valence-electron chi connectivity index (χ1n) is 21.4. The van der Waals surface area contributed by atoms with Crippen LogP contribution in [0.5, 0.6) is 0 Å². The molecule has 52 heavy (non-hydrogen) atoms. The fourth-order valence-corrected chi connectivity index (χ4v) is 6.69. The molecule has 1 aliphatic heterocycles. The minimum atomic E-state index is -4.56. The maximum absolute atomic E-state index is 15.1. The van der Waals surface area contributed by atoms with Crippen LogP contribution in [0.15, 0.2) is 107 Å². The van der Waals surface area contributed by atoms with Gasteiger partial charge in [-0.15, -0.1) is 11.8 Å². The molecule has 0 bridgehead atoms. The third-order valence-corrected chi connectivity index (χ3v) is 9.48. The van der Waals surface area contributed by atoms with Gasteiger partial charge in [-0.25, -0.2) is 8.78 Å². The van der Waals surface area contributed by atoms with Crippen molar-refractivity contribution in [3.8, 4) is 11.1 Å². The van der Waals surface area contributed by atoms with Crippen LogP contribution in [0.3, 0.4) is 0 Å². The molecule has 5 aromatic rings. The second-order valence-electron chi connectivity index (χ2n) is 11.8. The first-order valence-corrected chi connectivity index (χ1v) is 16.9. The lowest BCUT2D eigenvalue weighted by Crippen LogP contribution is -2.48. The molecule has 0 N–H and O–H groups in total. The van der Waals surface area contributed by atoms with Gasteiger partial charge in [0.15, 0.2) is 17.1 Å². The molecule has 2 heterocycles. The monoisotopic (exact) mass is 746 g/mol. The highest BCUT2D eigenvalue weighted by molar-refractivity contribution is 7.98. The largest absolute Gasteiger partial charge is 0.416 e. The minimum Gasteiger partial charge on any atom is -0.383 e. The maximum atomic E-state index is 15.1. The Labute approximate surface area is 318 Å². The molecule has 272 valence electrons. The highest BCUT2D eigenvalue weighted by Gasteiger charge is 2.31. The van der Waals surface area contributed by atoms with Gasteiger partial charge < -0.3 is 19.1 Å². The number of fused-ring (bicyclic) bond motifs is 1. The van der Waals surface area contributed by atoms with Crippen molar-refractivity contribution in [2.75, 3.05) is 33.3 Å². The number of nitrogens with zero attached hydrogens (tertiary/aromatic N) is 3. The molecule has 12 heteroatoms. The van der Waals surface area contributed by atoms with Crippen molar-refractivity contribution in [2.45, 2.75) is 48.9 Å². The Morgan fingerprint density at radius 1 is 1.00 bits per heavy atom. The Kier molecular flexibility index (Phi) is 8.05. The van der Waals surface area contributed by atoms with Crippen LogP contribution in [-0.4, -0.2) is 59.6 Å². The number of thioether (sulfide) groups is 1. The summed E-state index contributed by atoms with van der Waals surface area (Å²) in [6.07, 6.45) is -4.67. The fraction of sp³-hybridized carbons (Fsp3) is 0.300. The number of amides is 1. The summed E-state index contributed by atoms with van der Waals surface area (Å²) in [6, 6.07) is 8.32. The van der Waals surface area contributed by atoms with E-state index < -0.39 is 112 Å². The molecular weight excluding hydrogens is 698 g/mol. The zero-order valence-corrected chi connectivity index (χ0v) is 28.4. The molecule has 1 fully saturated rings. The van der Waals surface area contributed by atoms with Crippen molar-refractivity contribution >= 4 is 28.6 Å². The van der Waals surface area contributed by atoms with Gasteiger partial charge in [0, 0.05) is 64.8 Å². The second-order valence-corrected chi connectivity index (χ2v) is 12.7. The summed E-state index contributed by atoms with van der Waals surface area (Å²) in [5.41, 5.74) is -1.85. The minimum absolute atomic E-state index is 0.0561. The number of para-hydroxylation sites is 1. The van der Waals surface area contributed by atoms with Gasteiger partial charge in [0.05, 0.1) is 35.0 Å². The summed E-state index contributed by atoms with van der Waals surface area (Å²) >= 11 is 0.455. The zero-order chi connectivity index (χ0) is 46.6. The summed E-state index contributed by atoms with van der Waals surface area (Å²) in [6.45, 7) is -9.51. The highest BCUT2D eigenvalue weighted by Crippen LogP contribution is 2.32. The molecule has 1 aromatic heterocycles.